The van der Waals surface area contributed by atoms with Crippen LogP contribution >= 0.6 is 24.8 Å². The molecule has 3 aromatic carbocycles. The molecule has 0 radical (unpaired) electrons. The maximum Gasteiger partial charge on any atom is 0.119 e. The Labute approximate surface area is 217 Å². The molecule has 2 heterocycles. The van der Waals surface area contributed by atoms with Gasteiger partial charge in [0.05, 0.1) is 11.6 Å². The molecule has 0 bridgehead atoms. The van der Waals surface area contributed by atoms with Crippen LogP contribution in [0.1, 0.15) is 36.0 Å². The minimum atomic E-state index is 0. The van der Waals surface area contributed by atoms with Gasteiger partial charge in [0.2, 0.25) is 0 Å². The lowest BCUT2D eigenvalue weighted by molar-refractivity contribution is 0.306. The van der Waals surface area contributed by atoms with Crippen molar-refractivity contribution in [1.29, 1.82) is 0 Å². The summed E-state index contributed by atoms with van der Waals surface area (Å²) in [6.07, 6.45) is 0.748. The van der Waals surface area contributed by atoms with Crippen LogP contribution in [-0.2, 0) is 6.61 Å². The van der Waals surface area contributed by atoms with E-state index in [1.807, 2.05) is 19.1 Å². The van der Waals surface area contributed by atoms with Crippen LogP contribution in [0.4, 0.5) is 0 Å². The Bertz CT molecular complexity index is 1440. The molecule has 0 unspecified atom stereocenters. The highest BCUT2D eigenvalue weighted by atomic mass is 32.1. The van der Waals surface area contributed by atoms with Gasteiger partial charge in [-0.25, -0.2) is 0 Å². The molecule has 0 amide bonds. The molecule has 1 aromatic heterocycles. The highest BCUT2D eigenvalue weighted by Gasteiger charge is 2.15. The minimum Gasteiger partial charge on any atom is -0.489 e. The van der Waals surface area contributed by atoms with Crippen molar-refractivity contribution < 1.29 is 4.74 Å². The predicted molar refractivity (Wildman–Crippen MR) is 151 cm³/mol. The molecule has 4 nitrogen and oxygen atoms in total. The number of hydrogen-bond acceptors (Lipinski definition) is 5. The van der Waals surface area contributed by atoms with Gasteiger partial charge < -0.3 is 4.74 Å². The molecule has 35 heavy (non-hydrogen) atoms. The molecule has 0 aliphatic carbocycles. The Morgan fingerprint density at radius 2 is 1.86 bits per heavy atom. The van der Waals surface area contributed by atoms with E-state index >= 15 is 0 Å². The van der Waals surface area contributed by atoms with E-state index in [0.717, 1.165) is 29.0 Å². The lowest BCUT2D eigenvalue weighted by atomic mass is 9.94. The highest BCUT2D eigenvalue weighted by Crippen LogP contribution is 2.36. The molecule has 5 rings (SSSR count). The average molecular weight is 498 g/mol. The molecule has 0 saturated carbocycles. The van der Waals surface area contributed by atoms with E-state index in [9.17, 15) is 0 Å². The van der Waals surface area contributed by atoms with E-state index in [1.165, 1.54) is 26.8 Å². The summed E-state index contributed by atoms with van der Waals surface area (Å²) in [5, 5.41) is 15.3. The second-order valence-electron chi connectivity index (χ2n) is 8.36. The summed E-state index contributed by atoms with van der Waals surface area (Å²) in [7, 11) is 0. The van der Waals surface area contributed by atoms with Crippen LogP contribution in [0.25, 0.3) is 21.2 Å². The number of nitrogens with zero attached hydrogens (tertiary/aromatic N) is 3. The fraction of sp³-hybridized carbons (Fsp3) is 0.207. The first-order valence-corrected chi connectivity index (χ1v) is 12.2. The van der Waals surface area contributed by atoms with Crippen LogP contribution in [0, 0.1) is 18.8 Å². The summed E-state index contributed by atoms with van der Waals surface area (Å²) >= 11 is 1.79. The lowest BCUT2D eigenvalue weighted by Gasteiger charge is -2.12. The zero-order valence-electron chi connectivity index (χ0n) is 19.8. The van der Waals surface area contributed by atoms with Gasteiger partial charge in [-0.05, 0) is 71.0 Å². The molecule has 0 saturated heterocycles. The summed E-state index contributed by atoms with van der Waals surface area (Å²) in [5.74, 6) is 7.26. The fourth-order valence-electron chi connectivity index (χ4n) is 4.22. The molecule has 0 fully saturated rings. The Morgan fingerprint density at radius 1 is 1.03 bits per heavy atom. The molecule has 176 valence electrons. The Hall–Kier alpha value is -3.40. The first kappa shape index (κ1) is 24.7. The quantitative estimate of drug-likeness (QED) is 0.239. The van der Waals surface area contributed by atoms with Crippen molar-refractivity contribution in [2.45, 2.75) is 32.8 Å². The van der Waals surface area contributed by atoms with Gasteiger partial charge in [-0.15, -0.1) is 22.4 Å². The van der Waals surface area contributed by atoms with E-state index in [1.54, 1.807) is 11.3 Å². The number of fused-ring (bicyclic) bond motifs is 1. The second-order valence-corrected chi connectivity index (χ2v) is 9.27. The molecule has 6 heteroatoms. The van der Waals surface area contributed by atoms with Gasteiger partial charge in [0.25, 0.3) is 0 Å². The van der Waals surface area contributed by atoms with Crippen molar-refractivity contribution in [3.05, 3.63) is 88.8 Å². The fourth-order valence-corrected chi connectivity index (χ4v) is 5.16. The first-order chi connectivity index (χ1) is 16.7. The first-order valence-electron chi connectivity index (χ1n) is 11.3. The number of thiophene rings is 1. The number of benzene rings is 3. The van der Waals surface area contributed by atoms with Crippen molar-refractivity contribution in [3.63, 3.8) is 0 Å². The van der Waals surface area contributed by atoms with Gasteiger partial charge in [0.1, 0.15) is 18.9 Å². The molecule has 0 spiro atoms. The maximum absolute atomic E-state index is 6.13. The second kappa shape index (κ2) is 11.4. The van der Waals surface area contributed by atoms with Crippen molar-refractivity contribution in [3.8, 4) is 28.7 Å². The smallest absolute Gasteiger partial charge is 0.119 e. The number of hydrogen-bond donors (Lipinski definition) is 0. The van der Waals surface area contributed by atoms with Gasteiger partial charge in [0.15, 0.2) is 0 Å². The van der Waals surface area contributed by atoms with Crippen LogP contribution in [0.15, 0.2) is 87.5 Å². The third kappa shape index (κ3) is 5.64. The Balaban J connectivity index is 0.00000289. The largest absolute Gasteiger partial charge is 0.489 e. The normalized spacial score (nSPS) is 13.0. The summed E-state index contributed by atoms with van der Waals surface area (Å²) < 4.78 is 7.42. The van der Waals surface area contributed by atoms with Crippen LogP contribution < -0.4 is 4.74 Å². The third-order valence-corrected chi connectivity index (χ3v) is 6.99. The third-order valence-electron chi connectivity index (χ3n) is 6.02. The van der Waals surface area contributed by atoms with E-state index in [2.05, 4.69) is 94.2 Å². The average Bonchev–Trinajstić information content (AvgIpc) is 3.53. The minimum absolute atomic E-state index is 0. The van der Waals surface area contributed by atoms with Crippen LogP contribution in [-0.4, -0.2) is 12.3 Å². The van der Waals surface area contributed by atoms with Crippen LogP contribution in [0.3, 0.4) is 0 Å². The van der Waals surface area contributed by atoms with Crippen molar-refractivity contribution in [2.24, 2.45) is 15.4 Å². The predicted octanol–water partition coefficient (Wildman–Crippen LogP) is 7.89. The monoisotopic (exact) mass is 497 g/mol. The van der Waals surface area contributed by atoms with Crippen LogP contribution in [0.5, 0.6) is 5.75 Å². The van der Waals surface area contributed by atoms with Crippen molar-refractivity contribution >= 4 is 40.6 Å². The maximum atomic E-state index is 6.13. The molecule has 0 N–H and O–H groups in total. The van der Waals surface area contributed by atoms with E-state index in [0.29, 0.717) is 13.2 Å². The topological polar surface area (TPSA) is 46.3 Å². The molecular formula is C29H27N3OS2. The summed E-state index contributed by atoms with van der Waals surface area (Å²) in [6.45, 7) is 5.13. The summed E-state index contributed by atoms with van der Waals surface area (Å²) in [4.78, 5) is 0. The standard InChI is InChI=1S/C29H25N3OS.H2S/c1-3-6-23(16-24-17-30-32-31-24)22-10-12-25(13-11-22)33-18-21-9-14-29-27(15-21)28(19-34-29)26-8-5-4-7-20(26)2;/h4-5,7-15,19,23H,16-18H2,1-2H3;1H2/t23-;/m0./s1. The zero-order valence-corrected chi connectivity index (χ0v) is 21.6. The van der Waals surface area contributed by atoms with E-state index in [-0.39, 0.29) is 19.4 Å². The molecule has 1 aliphatic rings. The lowest BCUT2D eigenvalue weighted by Crippen LogP contribution is -2.07. The SMILES string of the molecule is CC#C[C@@H](CC1=NN=NC1)c1ccc(OCc2ccc3scc(-c4ccccc4C)c3c2)cc1.S. The van der Waals surface area contributed by atoms with Crippen LogP contribution in [0.2, 0.25) is 0 Å². The van der Waals surface area contributed by atoms with Gasteiger partial charge in [0, 0.05) is 22.1 Å². The molecule has 1 atom stereocenters. The Kier molecular flexibility index (Phi) is 8.02. The van der Waals surface area contributed by atoms with Gasteiger partial charge in [-0.3, -0.25) is 0 Å². The van der Waals surface area contributed by atoms with Crippen molar-refractivity contribution in [1.82, 2.24) is 0 Å². The Morgan fingerprint density at radius 3 is 2.60 bits per heavy atom. The van der Waals surface area contributed by atoms with Gasteiger partial charge in [-0.2, -0.15) is 18.6 Å². The zero-order chi connectivity index (χ0) is 23.3. The molecule has 1 aliphatic heterocycles. The molecule has 4 aromatic rings. The number of aryl methyl sites for hydroxylation is 1. The van der Waals surface area contributed by atoms with E-state index in [4.69, 9.17) is 4.74 Å². The summed E-state index contributed by atoms with van der Waals surface area (Å²) in [6, 6.07) is 23.4. The summed E-state index contributed by atoms with van der Waals surface area (Å²) in [5.41, 5.74) is 7.16. The highest BCUT2D eigenvalue weighted by molar-refractivity contribution is 7.59. The van der Waals surface area contributed by atoms with E-state index < -0.39 is 0 Å². The van der Waals surface area contributed by atoms with Crippen molar-refractivity contribution in [2.75, 3.05) is 6.54 Å². The number of ether oxygens (including phenoxy) is 1. The van der Waals surface area contributed by atoms with Gasteiger partial charge in [-0.1, -0.05) is 48.4 Å². The van der Waals surface area contributed by atoms with Gasteiger partial charge >= 0.3 is 0 Å². The molecular weight excluding hydrogens is 470 g/mol. The number of rotatable bonds is 7.